The van der Waals surface area contributed by atoms with Gasteiger partial charge in [-0.15, -0.1) is 0 Å². The summed E-state index contributed by atoms with van der Waals surface area (Å²) in [6.07, 6.45) is 1.12. The number of aliphatic hydroxyl groups is 1. The zero-order chi connectivity index (χ0) is 13.5. The van der Waals surface area contributed by atoms with Crippen LogP contribution < -0.4 is 0 Å². The molecular formula is C14H21F2NO. The maximum Gasteiger partial charge on any atom is 0.129 e. The summed E-state index contributed by atoms with van der Waals surface area (Å²) >= 11 is 0. The van der Waals surface area contributed by atoms with Gasteiger partial charge in [0.05, 0.1) is 6.10 Å². The minimum atomic E-state index is -0.988. The molecule has 1 atom stereocenters. The second kappa shape index (κ2) is 7.44. The number of rotatable bonds is 7. The molecular weight excluding hydrogens is 236 g/mol. The number of halogens is 2. The summed E-state index contributed by atoms with van der Waals surface area (Å²) < 4.78 is 26.5. The highest BCUT2D eigenvalue weighted by atomic mass is 19.1. The largest absolute Gasteiger partial charge is 0.387 e. The summed E-state index contributed by atoms with van der Waals surface area (Å²) in [5.41, 5.74) is 0.0324. The first-order chi connectivity index (χ1) is 8.58. The van der Waals surface area contributed by atoms with Gasteiger partial charge >= 0.3 is 0 Å². The van der Waals surface area contributed by atoms with E-state index in [1.54, 1.807) is 0 Å². The van der Waals surface area contributed by atoms with Crippen molar-refractivity contribution in [2.24, 2.45) is 0 Å². The average molecular weight is 257 g/mol. The third-order valence-corrected chi connectivity index (χ3v) is 3.02. The molecule has 0 heterocycles. The van der Waals surface area contributed by atoms with Crippen LogP contribution in [0.25, 0.3) is 0 Å². The quantitative estimate of drug-likeness (QED) is 0.811. The monoisotopic (exact) mass is 257 g/mol. The van der Waals surface area contributed by atoms with E-state index in [9.17, 15) is 13.9 Å². The highest BCUT2D eigenvalue weighted by Gasteiger charge is 2.16. The van der Waals surface area contributed by atoms with E-state index in [2.05, 4.69) is 6.92 Å². The van der Waals surface area contributed by atoms with Crippen LogP contribution >= 0.6 is 0 Å². The van der Waals surface area contributed by atoms with Gasteiger partial charge in [-0.2, -0.15) is 0 Å². The van der Waals surface area contributed by atoms with Crippen LogP contribution in [0.1, 0.15) is 38.4 Å². The summed E-state index contributed by atoms with van der Waals surface area (Å²) in [4.78, 5) is 2.04. The van der Waals surface area contributed by atoms with Gasteiger partial charge in [0.25, 0.3) is 0 Å². The number of hydrogen-bond acceptors (Lipinski definition) is 2. The lowest BCUT2D eigenvalue weighted by atomic mass is 10.1. The minimum Gasteiger partial charge on any atom is -0.387 e. The summed E-state index contributed by atoms with van der Waals surface area (Å²) in [5.74, 6) is -1.09. The Morgan fingerprint density at radius 1 is 1.28 bits per heavy atom. The Morgan fingerprint density at radius 3 is 2.61 bits per heavy atom. The number of likely N-dealkylation sites (N-methyl/N-ethyl adjacent to an activating group) is 1. The van der Waals surface area contributed by atoms with Gasteiger partial charge in [0.15, 0.2) is 0 Å². The van der Waals surface area contributed by atoms with Crippen LogP contribution in [0.4, 0.5) is 8.78 Å². The summed E-state index contributed by atoms with van der Waals surface area (Å²) in [5, 5.41) is 9.98. The molecule has 0 aliphatic heterocycles. The van der Waals surface area contributed by atoms with E-state index in [1.165, 1.54) is 0 Å². The van der Waals surface area contributed by atoms with Crippen molar-refractivity contribution in [2.45, 2.75) is 32.8 Å². The molecule has 0 saturated heterocycles. The lowest BCUT2D eigenvalue weighted by Gasteiger charge is -2.23. The molecule has 102 valence electrons. The predicted molar refractivity (Wildman–Crippen MR) is 68.3 cm³/mol. The average Bonchev–Trinajstić information content (AvgIpc) is 2.37. The van der Waals surface area contributed by atoms with Gasteiger partial charge in [-0.3, -0.25) is 0 Å². The molecule has 1 aromatic rings. The molecule has 0 bridgehead atoms. The van der Waals surface area contributed by atoms with Crippen molar-refractivity contribution in [2.75, 3.05) is 19.6 Å². The van der Waals surface area contributed by atoms with Crippen LogP contribution in [0.5, 0.6) is 0 Å². The Bertz CT molecular complexity index is 371. The normalized spacial score (nSPS) is 13.0. The van der Waals surface area contributed by atoms with Gasteiger partial charge in [-0.1, -0.05) is 20.3 Å². The fraction of sp³-hybridized carbons (Fsp3) is 0.571. The maximum atomic E-state index is 13.5. The third kappa shape index (κ3) is 4.35. The maximum absolute atomic E-state index is 13.5. The van der Waals surface area contributed by atoms with E-state index in [0.29, 0.717) is 6.54 Å². The lowest BCUT2D eigenvalue weighted by Crippen LogP contribution is -2.29. The predicted octanol–water partition coefficient (Wildman–Crippen LogP) is 3.12. The zero-order valence-corrected chi connectivity index (χ0v) is 11.0. The molecule has 0 aliphatic rings. The second-order valence-corrected chi connectivity index (χ2v) is 4.43. The molecule has 0 aliphatic carbocycles. The first kappa shape index (κ1) is 15.1. The van der Waals surface area contributed by atoms with Gasteiger partial charge in [0.2, 0.25) is 0 Å². The van der Waals surface area contributed by atoms with Crippen LogP contribution in [0.2, 0.25) is 0 Å². The number of nitrogens with zero attached hydrogens (tertiary/aromatic N) is 1. The van der Waals surface area contributed by atoms with Crippen molar-refractivity contribution in [3.05, 3.63) is 35.4 Å². The van der Waals surface area contributed by atoms with Gasteiger partial charge in [0.1, 0.15) is 11.6 Å². The topological polar surface area (TPSA) is 23.5 Å². The first-order valence-electron chi connectivity index (χ1n) is 6.43. The molecule has 0 saturated carbocycles. The Kier molecular flexibility index (Phi) is 6.22. The van der Waals surface area contributed by atoms with Crippen molar-refractivity contribution in [3.8, 4) is 0 Å². The molecule has 1 N–H and O–H groups in total. The smallest absolute Gasteiger partial charge is 0.129 e. The van der Waals surface area contributed by atoms with Gasteiger partial charge in [-0.25, -0.2) is 8.78 Å². The van der Waals surface area contributed by atoms with Crippen molar-refractivity contribution < 1.29 is 13.9 Å². The summed E-state index contributed by atoms with van der Waals surface area (Å²) in [7, 11) is 0. The van der Waals surface area contributed by atoms with Crippen molar-refractivity contribution in [1.29, 1.82) is 0 Å². The first-order valence-corrected chi connectivity index (χ1v) is 6.43. The molecule has 0 radical (unpaired) electrons. The van der Waals surface area contributed by atoms with E-state index in [0.717, 1.165) is 44.1 Å². The SMILES string of the molecule is CCCCN(CC)CC(O)c1cc(F)ccc1F. The Hall–Kier alpha value is -1.00. The molecule has 18 heavy (non-hydrogen) atoms. The Labute approximate surface area is 107 Å². The molecule has 2 nitrogen and oxygen atoms in total. The number of benzene rings is 1. The highest BCUT2D eigenvalue weighted by molar-refractivity contribution is 5.21. The molecule has 1 rings (SSSR count). The molecule has 0 fully saturated rings. The fourth-order valence-electron chi connectivity index (χ4n) is 1.87. The zero-order valence-electron chi connectivity index (χ0n) is 11.0. The molecule has 0 spiro atoms. The lowest BCUT2D eigenvalue weighted by molar-refractivity contribution is 0.112. The van der Waals surface area contributed by atoms with Crippen molar-refractivity contribution in [1.82, 2.24) is 4.90 Å². The summed E-state index contributed by atoms with van der Waals surface area (Å²) in [6.45, 7) is 6.06. The standard InChI is InChI=1S/C14H21F2NO/c1-3-5-8-17(4-2)10-14(18)12-9-11(15)6-7-13(12)16/h6-7,9,14,18H,3-5,8,10H2,1-2H3. The third-order valence-electron chi connectivity index (χ3n) is 3.02. The van der Waals surface area contributed by atoms with Crippen molar-refractivity contribution in [3.63, 3.8) is 0 Å². The fourth-order valence-corrected chi connectivity index (χ4v) is 1.87. The number of unbranched alkanes of at least 4 members (excludes halogenated alkanes) is 1. The Morgan fingerprint density at radius 2 is 2.00 bits per heavy atom. The van der Waals surface area contributed by atoms with Crippen LogP contribution in [-0.2, 0) is 0 Å². The van der Waals surface area contributed by atoms with Crippen LogP contribution in [0.3, 0.4) is 0 Å². The van der Waals surface area contributed by atoms with E-state index in [-0.39, 0.29) is 5.56 Å². The molecule has 1 unspecified atom stereocenters. The van der Waals surface area contributed by atoms with Gasteiger partial charge < -0.3 is 10.0 Å². The second-order valence-electron chi connectivity index (χ2n) is 4.43. The van der Waals surface area contributed by atoms with Crippen LogP contribution in [-0.4, -0.2) is 29.6 Å². The summed E-state index contributed by atoms with van der Waals surface area (Å²) in [6, 6.07) is 3.17. The molecule has 4 heteroatoms. The highest BCUT2D eigenvalue weighted by Crippen LogP contribution is 2.19. The van der Waals surface area contributed by atoms with E-state index in [1.807, 2.05) is 11.8 Å². The molecule has 0 aromatic heterocycles. The molecule has 1 aromatic carbocycles. The van der Waals surface area contributed by atoms with E-state index in [4.69, 9.17) is 0 Å². The van der Waals surface area contributed by atoms with Gasteiger partial charge in [0, 0.05) is 12.1 Å². The van der Waals surface area contributed by atoms with Crippen molar-refractivity contribution >= 4 is 0 Å². The minimum absolute atomic E-state index is 0.0324. The number of aliphatic hydroxyl groups excluding tert-OH is 1. The van der Waals surface area contributed by atoms with Gasteiger partial charge in [-0.05, 0) is 37.7 Å². The van der Waals surface area contributed by atoms with E-state index >= 15 is 0 Å². The van der Waals surface area contributed by atoms with E-state index < -0.39 is 17.7 Å². The molecule has 0 amide bonds. The number of hydrogen-bond donors (Lipinski definition) is 1. The van der Waals surface area contributed by atoms with Crippen LogP contribution in [0, 0.1) is 11.6 Å². The van der Waals surface area contributed by atoms with Crippen LogP contribution in [0.15, 0.2) is 18.2 Å². The Balaban J connectivity index is 2.67.